The first-order valence-corrected chi connectivity index (χ1v) is 7.53. The second kappa shape index (κ2) is 8.70. The van der Waals surface area contributed by atoms with Crippen LogP contribution >= 0.6 is 0 Å². The molecule has 0 aromatic carbocycles. The van der Waals surface area contributed by atoms with Crippen molar-refractivity contribution in [1.82, 2.24) is 0 Å². The van der Waals surface area contributed by atoms with Gasteiger partial charge in [0.1, 0.15) is 5.78 Å². The predicted molar refractivity (Wildman–Crippen MR) is 64.0 cm³/mol. The number of rotatable bonds is 10. The Morgan fingerprint density at radius 3 is 2.12 bits per heavy atom. The molecule has 0 unspecified atom stereocenters. The van der Waals surface area contributed by atoms with E-state index in [2.05, 4.69) is 6.92 Å². The molecule has 0 aliphatic carbocycles. The molecule has 0 saturated carbocycles. The zero-order valence-corrected chi connectivity index (χ0v) is 10.8. The highest BCUT2D eigenvalue weighted by atomic mass is 32.2. The molecule has 96 valence electrons. The van der Waals surface area contributed by atoms with Gasteiger partial charge in [0.2, 0.25) is 0 Å². The second-order valence-corrected chi connectivity index (χ2v) is 5.66. The van der Waals surface area contributed by atoms with Crippen LogP contribution in [-0.2, 0) is 14.9 Å². The normalized spacial score (nSPS) is 11.6. The van der Waals surface area contributed by atoms with Gasteiger partial charge in [0.05, 0.1) is 5.75 Å². The van der Waals surface area contributed by atoms with E-state index in [-0.39, 0.29) is 12.2 Å². The van der Waals surface area contributed by atoms with Crippen LogP contribution < -0.4 is 0 Å². The van der Waals surface area contributed by atoms with Crippen LogP contribution in [0.2, 0.25) is 0 Å². The van der Waals surface area contributed by atoms with E-state index in [0.717, 1.165) is 19.3 Å². The number of carbonyl (C=O) groups is 1. The van der Waals surface area contributed by atoms with Crippen LogP contribution in [0.25, 0.3) is 0 Å². The summed E-state index contributed by atoms with van der Waals surface area (Å²) in [5.41, 5.74) is 0. The zero-order chi connectivity index (χ0) is 12.4. The van der Waals surface area contributed by atoms with Crippen LogP contribution in [0.3, 0.4) is 0 Å². The highest BCUT2D eigenvalue weighted by molar-refractivity contribution is 7.85. The molecule has 0 aromatic rings. The van der Waals surface area contributed by atoms with Gasteiger partial charge >= 0.3 is 0 Å². The van der Waals surface area contributed by atoms with E-state index in [4.69, 9.17) is 4.55 Å². The predicted octanol–water partition coefficient (Wildman–Crippen LogP) is 2.58. The monoisotopic (exact) mass is 250 g/mol. The maximum Gasteiger partial charge on any atom is 0.265 e. The van der Waals surface area contributed by atoms with Gasteiger partial charge in [-0.25, -0.2) is 0 Å². The molecule has 0 spiro atoms. The summed E-state index contributed by atoms with van der Waals surface area (Å²) in [6.07, 6.45) is 7.00. The Morgan fingerprint density at radius 1 is 1.00 bits per heavy atom. The van der Waals surface area contributed by atoms with Crippen LogP contribution in [0.5, 0.6) is 0 Å². The van der Waals surface area contributed by atoms with E-state index in [0.29, 0.717) is 6.42 Å². The van der Waals surface area contributed by atoms with Gasteiger partial charge in [-0.3, -0.25) is 9.35 Å². The molecule has 0 saturated heterocycles. The molecule has 0 rings (SSSR count). The molecule has 16 heavy (non-hydrogen) atoms. The highest BCUT2D eigenvalue weighted by Gasteiger charge is 2.08. The standard InChI is InChI=1S/C11H22O4S/c1-2-3-4-5-6-7-8-11(12)9-10-16(13,14)15/h2-10H2,1H3,(H,13,14,15). The van der Waals surface area contributed by atoms with Crippen LogP contribution in [0.15, 0.2) is 0 Å². The summed E-state index contributed by atoms with van der Waals surface area (Å²) < 4.78 is 29.2. The quantitative estimate of drug-likeness (QED) is 0.478. The van der Waals surface area contributed by atoms with Crippen molar-refractivity contribution in [1.29, 1.82) is 0 Å². The summed E-state index contributed by atoms with van der Waals surface area (Å²) in [5.74, 6) is -0.519. The Labute approximate surface area is 98.2 Å². The van der Waals surface area contributed by atoms with Crippen LogP contribution in [-0.4, -0.2) is 24.5 Å². The van der Waals surface area contributed by atoms with Gasteiger partial charge in [0.25, 0.3) is 10.1 Å². The third-order valence-electron chi connectivity index (χ3n) is 2.45. The molecule has 4 nitrogen and oxygen atoms in total. The Balaban J connectivity index is 3.38. The van der Waals surface area contributed by atoms with E-state index in [1.807, 2.05) is 0 Å². The largest absolute Gasteiger partial charge is 0.300 e. The van der Waals surface area contributed by atoms with E-state index in [1.54, 1.807) is 0 Å². The van der Waals surface area contributed by atoms with Crippen molar-refractivity contribution < 1.29 is 17.8 Å². The minimum Gasteiger partial charge on any atom is -0.300 e. The molecule has 1 N–H and O–H groups in total. The number of Topliss-reactive ketones (excluding diaryl/α,β-unsaturated/α-hetero) is 1. The maximum atomic E-state index is 11.2. The van der Waals surface area contributed by atoms with Crippen molar-refractivity contribution in [3.05, 3.63) is 0 Å². The molecule has 0 atom stereocenters. The summed E-state index contributed by atoms with van der Waals surface area (Å²) in [6.45, 7) is 2.15. The molecule has 5 heteroatoms. The fourth-order valence-corrected chi connectivity index (χ4v) is 1.96. The van der Waals surface area contributed by atoms with Gasteiger partial charge < -0.3 is 0 Å². The molecular weight excluding hydrogens is 228 g/mol. The van der Waals surface area contributed by atoms with Crippen molar-refractivity contribution >= 4 is 15.9 Å². The molecule has 0 bridgehead atoms. The lowest BCUT2D eigenvalue weighted by atomic mass is 10.1. The number of hydrogen-bond donors (Lipinski definition) is 1. The van der Waals surface area contributed by atoms with Crippen LogP contribution in [0.4, 0.5) is 0 Å². The lowest BCUT2D eigenvalue weighted by Crippen LogP contribution is -2.09. The van der Waals surface area contributed by atoms with Crippen molar-refractivity contribution in [3.63, 3.8) is 0 Å². The fourth-order valence-electron chi connectivity index (χ4n) is 1.47. The van der Waals surface area contributed by atoms with Gasteiger partial charge in [-0.1, -0.05) is 39.0 Å². The Kier molecular flexibility index (Phi) is 8.47. The summed E-state index contributed by atoms with van der Waals surface area (Å²) in [7, 11) is -3.98. The van der Waals surface area contributed by atoms with Crippen molar-refractivity contribution in [3.8, 4) is 0 Å². The van der Waals surface area contributed by atoms with Gasteiger partial charge in [-0.15, -0.1) is 0 Å². The SMILES string of the molecule is CCCCCCCCC(=O)CCS(=O)(=O)O. The van der Waals surface area contributed by atoms with Gasteiger partial charge in [-0.2, -0.15) is 8.42 Å². The van der Waals surface area contributed by atoms with Crippen LogP contribution in [0.1, 0.15) is 58.3 Å². The molecule has 0 radical (unpaired) electrons. The van der Waals surface area contributed by atoms with Crippen molar-refractivity contribution in [2.45, 2.75) is 58.3 Å². The summed E-state index contributed by atoms with van der Waals surface area (Å²) in [5, 5.41) is 0. The number of ketones is 1. The first-order chi connectivity index (χ1) is 7.45. The second-order valence-electron chi connectivity index (χ2n) is 4.09. The third kappa shape index (κ3) is 11.7. The van der Waals surface area contributed by atoms with Crippen molar-refractivity contribution in [2.24, 2.45) is 0 Å². The van der Waals surface area contributed by atoms with Crippen LogP contribution in [0, 0.1) is 0 Å². The van der Waals surface area contributed by atoms with Gasteiger partial charge in [0, 0.05) is 12.8 Å². The number of hydrogen-bond acceptors (Lipinski definition) is 3. The first-order valence-electron chi connectivity index (χ1n) is 5.92. The van der Waals surface area contributed by atoms with E-state index < -0.39 is 15.9 Å². The molecule has 0 aliphatic rings. The van der Waals surface area contributed by atoms with Gasteiger partial charge in [-0.05, 0) is 6.42 Å². The average Bonchev–Trinajstić information content (AvgIpc) is 2.19. The van der Waals surface area contributed by atoms with Gasteiger partial charge in [0.15, 0.2) is 0 Å². The highest BCUT2D eigenvalue weighted by Crippen LogP contribution is 2.08. The molecule has 0 heterocycles. The topological polar surface area (TPSA) is 71.4 Å². The smallest absolute Gasteiger partial charge is 0.265 e. The van der Waals surface area contributed by atoms with E-state index >= 15 is 0 Å². The van der Waals surface area contributed by atoms with E-state index in [9.17, 15) is 13.2 Å². The maximum absolute atomic E-state index is 11.2. The average molecular weight is 250 g/mol. The third-order valence-corrected chi connectivity index (χ3v) is 3.17. The molecule has 0 aliphatic heterocycles. The minimum absolute atomic E-state index is 0.0617. The summed E-state index contributed by atoms with van der Waals surface area (Å²) in [6, 6.07) is 0. The molecular formula is C11H22O4S. The lowest BCUT2D eigenvalue weighted by Gasteiger charge is -2.00. The first kappa shape index (κ1) is 15.6. The number of carbonyl (C=O) groups excluding carboxylic acids is 1. The minimum atomic E-state index is -3.98. The molecule has 0 amide bonds. The molecule has 0 aromatic heterocycles. The van der Waals surface area contributed by atoms with E-state index in [1.165, 1.54) is 19.3 Å². The lowest BCUT2D eigenvalue weighted by molar-refractivity contribution is -0.118. The fraction of sp³-hybridized carbons (Fsp3) is 0.909. The summed E-state index contributed by atoms with van der Waals surface area (Å²) >= 11 is 0. The Morgan fingerprint density at radius 2 is 1.56 bits per heavy atom. The summed E-state index contributed by atoms with van der Waals surface area (Å²) in [4.78, 5) is 11.2. The Bertz CT molecular complexity index is 282. The zero-order valence-electron chi connectivity index (χ0n) is 9.94. The molecule has 0 fully saturated rings. The Hall–Kier alpha value is -0.420. The van der Waals surface area contributed by atoms with Crippen molar-refractivity contribution in [2.75, 3.05) is 5.75 Å². The number of unbranched alkanes of at least 4 members (excludes halogenated alkanes) is 5.